The number of amides is 1. The molecule has 1 aliphatic heterocycles. The monoisotopic (exact) mass is 324 g/mol. The highest BCUT2D eigenvalue weighted by atomic mass is 16.2. The number of carbonyl (C=O) groups excluding carboxylic acids is 1. The first-order valence-corrected chi connectivity index (χ1v) is 7.64. The molecule has 0 saturated carbocycles. The van der Waals surface area contributed by atoms with Gasteiger partial charge in [0.05, 0.1) is 5.92 Å². The van der Waals surface area contributed by atoms with Gasteiger partial charge < -0.3 is 10.2 Å². The minimum atomic E-state index is -0.0524. The molecule has 1 N–H and O–H groups in total. The molecule has 24 heavy (non-hydrogen) atoms. The second kappa shape index (κ2) is 5.84. The zero-order chi connectivity index (χ0) is 16.5. The fraction of sp³-hybridized carbons (Fsp3) is 0.333. The van der Waals surface area contributed by atoms with Crippen molar-refractivity contribution in [2.24, 2.45) is 13.0 Å². The van der Waals surface area contributed by atoms with Gasteiger partial charge in [0.15, 0.2) is 17.0 Å². The van der Waals surface area contributed by atoms with Gasteiger partial charge in [0.25, 0.3) is 0 Å². The second-order valence-corrected chi connectivity index (χ2v) is 5.76. The van der Waals surface area contributed by atoms with E-state index in [2.05, 4.69) is 30.6 Å². The van der Waals surface area contributed by atoms with Crippen molar-refractivity contribution < 1.29 is 4.79 Å². The van der Waals surface area contributed by atoms with Gasteiger partial charge in [0, 0.05) is 39.1 Å². The third-order valence-electron chi connectivity index (χ3n) is 4.11. The summed E-state index contributed by atoms with van der Waals surface area (Å²) in [5.41, 5.74) is 2.33. The SMILES string of the molecule is Cn1nnc2c(N3CC(C(=O)NCc4cccnc4)C3)ncnc21. The Morgan fingerprint density at radius 1 is 1.38 bits per heavy atom. The van der Waals surface area contributed by atoms with Crippen LogP contribution in [-0.4, -0.2) is 48.9 Å². The van der Waals surface area contributed by atoms with Crippen molar-refractivity contribution in [3.05, 3.63) is 36.4 Å². The van der Waals surface area contributed by atoms with E-state index in [-0.39, 0.29) is 11.8 Å². The number of pyridine rings is 1. The third-order valence-corrected chi connectivity index (χ3v) is 4.11. The Kier molecular flexibility index (Phi) is 3.52. The number of nitrogens with one attached hydrogen (secondary N) is 1. The molecule has 122 valence electrons. The summed E-state index contributed by atoms with van der Waals surface area (Å²) in [6.45, 7) is 1.72. The summed E-state index contributed by atoms with van der Waals surface area (Å²) in [6.07, 6.45) is 4.96. The number of rotatable bonds is 4. The lowest BCUT2D eigenvalue weighted by atomic mass is 9.99. The molecule has 1 saturated heterocycles. The van der Waals surface area contributed by atoms with Crippen molar-refractivity contribution in [1.29, 1.82) is 0 Å². The van der Waals surface area contributed by atoms with Gasteiger partial charge in [-0.3, -0.25) is 9.78 Å². The topological polar surface area (TPSA) is 102 Å². The lowest BCUT2D eigenvalue weighted by molar-refractivity contribution is -0.125. The first-order valence-electron chi connectivity index (χ1n) is 7.64. The molecule has 1 amide bonds. The van der Waals surface area contributed by atoms with Gasteiger partial charge >= 0.3 is 0 Å². The van der Waals surface area contributed by atoms with Crippen molar-refractivity contribution in [2.75, 3.05) is 18.0 Å². The smallest absolute Gasteiger partial charge is 0.226 e. The molecule has 0 bridgehead atoms. The molecule has 3 aromatic rings. The summed E-state index contributed by atoms with van der Waals surface area (Å²) in [5, 5.41) is 11.0. The average molecular weight is 324 g/mol. The van der Waals surface area contributed by atoms with Gasteiger partial charge in [-0.05, 0) is 11.6 Å². The summed E-state index contributed by atoms with van der Waals surface area (Å²) in [5.74, 6) is 0.715. The van der Waals surface area contributed by atoms with Gasteiger partial charge in [-0.25, -0.2) is 14.6 Å². The number of fused-ring (bicyclic) bond motifs is 1. The average Bonchev–Trinajstić information content (AvgIpc) is 2.95. The number of hydrogen-bond acceptors (Lipinski definition) is 7. The molecular formula is C15H16N8O. The van der Waals surface area contributed by atoms with Crippen LogP contribution < -0.4 is 10.2 Å². The zero-order valence-electron chi connectivity index (χ0n) is 13.1. The minimum Gasteiger partial charge on any atom is -0.353 e. The summed E-state index contributed by atoms with van der Waals surface area (Å²) in [4.78, 5) is 26.7. The molecule has 1 fully saturated rings. The molecule has 0 aromatic carbocycles. The minimum absolute atomic E-state index is 0.0412. The first kappa shape index (κ1) is 14.5. The molecule has 0 radical (unpaired) electrons. The van der Waals surface area contributed by atoms with Crippen LogP contribution in [0.15, 0.2) is 30.9 Å². The Morgan fingerprint density at radius 3 is 3.04 bits per heavy atom. The standard InChI is InChI=1S/C15H16N8O/c1-22-13-12(20-21-22)14(19-9-18-13)23-7-11(8-23)15(24)17-6-10-3-2-4-16-5-10/h2-5,9,11H,6-8H2,1H3,(H,17,24). The molecule has 9 heteroatoms. The predicted molar refractivity (Wildman–Crippen MR) is 85.9 cm³/mol. The fourth-order valence-corrected chi connectivity index (χ4v) is 2.73. The Balaban J connectivity index is 1.38. The molecule has 3 aromatic heterocycles. The summed E-state index contributed by atoms with van der Waals surface area (Å²) in [6, 6.07) is 3.79. The van der Waals surface area contributed by atoms with Crippen molar-refractivity contribution >= 4 is 22.9 Å². The van der Waals surface area contributed by atoms with Crippen LogP contribution in [0, 0.1) is 5.92 Å². The summed E-state index contributed by atoms with van der Waals surface area (Å²) < 4.78 is 1.61. The molecule has 0 aliphatic carbocycles. The quantitative estimate of drug-likeness (QED) is 0.715. The largest absolute Gasteiger partial charge is 0.353 e. The third kappa shape index (κ3) is 2.53. The van der Waals surface area contributed by atoms with Crippen LogP contribution in [0.5, 0.6) is 0 Å². The van der Waals surface area contributed by atoms with Crippen LogP contribution in [0.1, 0.15) is 5.56 Å². The molecule has 4 rings (SSSR count). The molecule has 1 aliphatic rings. The summed E-state index contributed by atoms with van der Waals surface area (Å²) >= 11 is 0. The molecule has 4 heterocycles. The van der Waals surface area contributed by atoms with Gasteiger partial charge in [-0.1, -0.05) is 11.3 Å². The Bertz CT molecular complexity index is 872. The van der Waals surface area contributed by atoms with E-state index in [1.807, 2.05) is 17.0 Å². The molecule has 0 spiro atoms. The lowest BCUT2D eigenvalue weighted by Crippen LogP contribution is -2.54. The highest BCUT2D eigenvalue weighted by Gasteiger charge is 2.34. The second-order valence-electron chi connectivity index (χ2n) is 5.76. The van der Waals surface area contributed by atoms with Crippen LogP contribution in [0.3, 0.4) is 0 Å². The van der Waals surface area contributed by atoms with Crippen LogP contribution in [0.2, 0.25) is 0 Å². The normalized spacial score (nSPS) is 14.6. The molecular weight excluding hydrogens is 308 g/mol. The number of carbonyl (C=O) groups is 1. The predicted octanol–water partition coefficient (Wildman–Crippen LogP) is -0.0941. The van der Waals surface area contributed by atoms with Gasteiger partial charge in [-0.2, -0.15) is 0 Å². The van der Waals surface area contributed by atoms with E-state index in [1.165, 1.54) is 6.33 Å². The highest BCUT2D eigenvalue weighted by Crippen LogP contribution is 2.27. The summed E-state index contributed by atoms with van der Waals surface area (Å²) in [7, 11) is 1.79. The molecule has 0 atom stereocenters. The Labute approximate surface area is 137 Å². The number of hydrogen-bond donors (Lipinski definition) is 1. The van der Waals surface area contributed by atoms with Crippen molar-refractivity contribution in [1.82, 2.24) is 35.3 Å². The van der Waals surface area contributed by atoms with Crippen LogP contribution >= 0.6 is 0 Å². The number of aryl methyl sites for hydroxylation is 1. The Morgan fingerprint density at radius 2 is 2.25 bits per heavy atom. The van der Waals surface area contributed by atoms with Gasteiger partial charge in [0.2, 0.25) is 5.91 Å². The van der Waals surface area contributed by atoms with E-state index in [4.69, 9.17) is 0 Å². The van der Waals surface area contributed by atoms with Crippen molar-refractivity contribution in [3.63, 3.8) is 0 Å². The highest BCUT2D eigenvalue weighted by molar-refractivity contribution is 5.86. The maximum Gasteiger partial charge on any atom is 0.226 e. The number of aromatic nitrogens is 6. The maximum absolute atomic E-state index is 12.2. The van der Waals surface area contributed by atoms with E-state index in [0.717, 1.165) is 11.4 Å². The van der Waals surface area contributed by atoms with Crippen LogP contribution in [0.25, 0.3) is 11.2 Å². The molecule has 0 unspecified atom stereocenters. The van der Waals surface area contributed by atoms with Crippen molar-refractivity contribution in [3.8, 4) is 0 Å². The van der Waals surface area contributed by atoms with Gasteiger partial charge in [0.1, 0.15) is 6.33 Å². The van der Waals surface area contributed by atoms with Gasteiger partial charge in [-0.15, -0.1) is 5.10 Å². The van der Waals surface area contributed by atoms with Crippen molar-refractivity contribution in [2.45, 2.75) is 6.54 Å². The lowest BCUT2D eigenvalue weighted by Gasteiger charge is -2.38. The fourth-order valence-electron chi connectivity index (χ4n) is 2.73. The van der Waals surface area contributed by atoms with E-state index in [9.17, 15) is 4.79 Å². The van der Waals surface area contributed by atoms with E-state index >= 15 is 0 Å². The van der Waals surface area contributed by atoms with Crippen LogP contribution in [0.4, 0.5) is 5.82 Å². The molecule has 9 nitrogen and oxygen atoms in total. The van der Waals surface area contributed by atoms with E-state index in [0.29, 0.717) is 30.8 Å². The zero-order valence-corrected chi connectivity index (χ0v) is 13.1. The van der Waals surface area contributed by atoms with E-state index in [1.54, 1.807) is 24.1 Å². The maximum atomic E-state index is 12.2. The Hall–Kier alpha value is -3.10. The first-order chi connectivity index (χ1) is 11.7. The van der Waals surface area contributed by atoms with E-state index < -0.39 is 0 Å². The van der Waals surface area contributed by atoms with Crippen LogP contribution in [-0.2, 0) is 18.4 Å². The number of anilines is 1. The number of nitrogens with zero attached hydrogens (tertiary/aromatic N) is 7.